The second kappa shape index (κ2) is 10.7. The van der Waals surface area contributed by atoms with Crippen LogP contribution in [0.1, 0.15) is 71.1 Å². The smallest absolute Gasteiger partial charge is 0.258 e. The molecule has 5 atom stereocenters. The van der Waals surface area contributed by atoms with Crippen molar-refractivity contribution in [2.24, 2.45) is 17.8 Å². The molecule has 39 heavy (non-hydrogen) atoms. The Hall–Kier alpha value is -1.55. The monoisotopic (exact) mass is 578 g/mol. The van der Waals surface area contributed by atoms with Crippen LogP contribution in [0.5, 0.6) is 5.75 Å². The molecule has 1 aromatic rings. The molecule has 3 N–H and O–H groups in total. The first-order chi connectivity index (χ1) is 18.7. The number of ether oxygens (including phenoxy) is 1. The van der Waals surface area contributed by atoms with Crippen molar-refractivity contribution in [2.75, 3.05) is 13.7 Å². The van der Waals surface area contributed by atoms with Crippen LogP contribution < -0.4 is 20.8 Å². The van der Waals surface area contributed by atoms with Crippen LogP contribution in [0.2, 0.25) is 5.02 Å². The maximum atomic E-state index is 14.3. The van der Waals surface area contributed by atoms with E-state index in [1.165, 1.54) is 37.8 Å². The number of hydrogen-bond acceptors (Lipinski definition) is 6. The topological polar surface area (TPSA) is 82.7 Å². The molecule has 0 radical (unpaired) electrons. The molecular formula is C29H40ClFN4O3S. The van der Waals surface area contributed by atoms with Crippen LogP contribution in [-0.4, -0.2) is 58.2 Å². The maximum absolute atomic E-state index is 14.3. The normalized spacial score (nSPS) is 38.1. The van der Waals surface area contributed by atoms with Gasteiger partial charge in [0.05, 0.1) is 15.1 Å². The number of halogens is 2. The number of carbonyl (C=O) groups is 2. The van der Waals surface area contributed by atoms with E-state index >= 15 is 0 Å². The molecule has 2 saturated heterocycles. The molecule has 4 saturated carbocycles. The van der Waals surface area contributed by atoms with Gasteiger partial charge < -0.3 is 15.4 Å². The fraction of sp³-hybridized carbons (Fsp3) is 0.724. The van der Waals surface area contributed by atoms with Crippen LogP contribution in [0.3, 0.4) is 0 Å². The van der Waals surface area contributed by atoms with E-state index in [9.17, 15) is 14.0 Å². The third-order valence-corrected chi connectivity index (χ3v) is 12.4. The van der Waals surface area contributed by atoms with Gasteiger partial charge in [0, 0.05) is 36.7 Å². The fourth-order valence-electron chi connectivity index (χ4n) is 8.07. The van der Waals surface area contributed by atoms with Gasteiger partial charge >= 0.3 is 0 Å². The Morgan fingerprint density at radius 2 is 1.92 bits per heavy atom. The predicted octanol–water partition coefficient (Wildman–Crippen LogP) is 4.64. The molecule has 4 unspecified atom stereocenters. The molecule has 10 heteroatoms. The van der Waals surface area contributed by atoms with Crippen LogP contribution in [0.4, 0.5) is 4.39 Å². The predicted molar refractivity (Wildman–Crippen MR) is 151 cm³/mol. The lowest BCUT2D eigenvalue weighted by Crippen LogP contribution is -2.53. The van der Waals surface area contributed by atoms with Crippen LogP contribution in [0.25, 0.3) is 0 Å². The van der Waals surface area contributed by atoms with Gasteiger partial charge in [-0.3, -0.25) is 15.0 Å². The third kappa shape index (κ3) is 5.17. The average Bonchev–Trinajstić information content (AvgIpc) is 3.53. The number of hydrogen-bond donors (Lipinski definition) is 3. The van der Waals surface area contributed by atoms with Gasteiger partial charge in [0.2, 0.25) is 5.91 Å². The number of nitrogens with zero attached hydrogens (tertiary/aromatic N) is 1. The summed E-state index contributed by atoms with van der Waals surface area (Å²) in [5.74, 6) is 0.955. The minimum Gasteiger partial charge on any atom is -0.484 e. The largest absolute Gasteiger partial charge is 0.484 e. The number of benzene rings is 1. The number of nitrogens with one attached hydrogen (secondary N) is 3. The van der Waals surface area contributed by atoms with E-state index in [1.54, 1.807) is 6.07 Å². The average molecular weight is 579 g/mol. The van der Waals surface area contributed by atoms with E-state index in [0.717, 1.165) is 38.5 Å². The van der Waals surface area contributed by atoms with Crippen LogP contribution in [0.15, 0.2) is 18.2 Å². The van der Waals surface area contributed by atoms with E-state index in [2.05, 4.69) is 35.0 Å². The minimum atomic E-state index is -0.576. The summed E-state index contributed by atoms with van der Waals surface area (Å²) in [5.41, 5.74) is 3.26. The molecule has 0 spiro atoms. The van der Waals surface area contributed by atoms with E-state index < -0.39 is 5.82 Å². The lowest BCUT2D eigenvalue weighted by atomic mass is 9.76. The lowest BCUT2D eigenvalue weighted by molar-refractivity contribution is -0.127. The molecule has 2 amide bonds. The zero-order valence-electron chi connectivity index (χ0n) is 22.8. The Bertz CT molecular complexity index is 1090. The fourth-order valence-corrected chi connectivity index (χ4v) is 10.2. The summed E-state index contributed by atoms with van der Waals surface area (Å²) in [4.78, 5) is 27.0. The number of rotatable bonds is 7. The highest BCUT2D eigenvalue weighted by Gasteiger charge is 2.62. The molecule has 2 heterocycles. The molecule has 7 nitrogen and oxygen atoms in total. The summed E-state index contributed by atoms with van der Waals surface area (Å²) in [6.45, 7) is 2.06. The molecular weight excluding hydrogens is 539 g/mol. The summed E-state index contributed by atoms with van der Waals surface area (Å²) in [6, 6.07) is 4.60. The Balaban J connectivity index is 1.09. The SMILES string of the molecule is CC1NN(C)C2SC(C(=O)N[C@@H]3CC4(NC(=O)COc5ccc(Cl)c(F)c5)CC3C4)(C3CCCCCC3)CC12. The van der Waals surface area contributed by atoms with Gasteiger partial charge in [-0.25, -0.2) is 9.40 Å². The summed E-state index contributed by atoms with van der Waals surface area (Å²) in [5, 5.41) is 9.25. The third-order valence-electron chi connectivity index (χ3n) is 10.0. The summed E-state index contributed by atoms with van der Waals surface area (Å²) >= 11 is 7.63. The maximum Gasteiger partial charge on any atom is 0.258 e. The van der Waals surface area contributed by atoms with E-state index in [4.69, 9.17) is 16.3 Å². The van der Waals surface area contributed by atoms with Crippen LogP contribution >= 0.6 is 23.4 Å². The van der Waals surface area contributed by atoms with Crippen molar-refractivity contribution < 1.29 is 18.7 Å². The number of amides is 2. The number of thioether (sulfide) groups is 1. The van der Waals surface area contributed by atoms with Crippen LogP contribution in [0, 0.1) is 23.6 Å². The Kier molecular flexibility index (Phi) is 7.57. The van der Waals surface area contributed by atoms with Crippen molar-refractivity contribution in [1.29, 1.82) is 0 Å². The van der Waals surface area contributed by atoms with E-state index in [1.807, 2.05) is 11.8 Å². The molecule has 7 rings (SSSR count). The van der Waals surface area contributed by atoms with Gasteiger partial charge in [0.1, 0.15) is 11.6 Å². The number of carbonyl (C=O) groups excluding carboxylic acids is 2. The highest BCUT2D eigenvalue weighted by Crippen LogP contribution is 2.58. The second-order valence-electron chi connectivity index (χ2n) is 12.6. The van der Waals surface area contributed by atoms with Crippen molar-refractivity contribution in [1.82, 2.24) is 21.1 Å². The molecule has 2 aliphatic heterocycles. The molecule has 214 valence electrons. The first-order valence-electron chi connectivity index (χ1n) is 14.5. The lowest BCUT2D eigenvalue weighted by Gasteiger charge is -2.40. The minimum absolute atomic E-state index is 0.0171. The van der Waals surface area contributed by atoms with Crippen molar-refractivity contribution in [3.63, 3.8) is 0 Å². The first-order valence-corrected chi connectivity index (χ1v) is 15.8. The van der Waals surface area contributed by atoms with Gasteiger partial charge in [-0.1, -0.05) is 37.3 Å². The van der Waals surface area contributed by atoms with Gasteiger partial charge in [0.25, 0.3) is 5.91 Å². The van der Waals surface area contributed by atoms with Crippen LogP contribution in [-0.2, 0) is 9.59 Å². The molecule has 2 bridgehead atoms. The van der Waals surface area contributed by atoms with Gasteiger partial charge in [-0.05, 0) is 69.4 Å². The van der Waals surface area contributed by atoms with Crippen molar-refractivity contribution in [3.05, 3.63) is 29.0 Å². The van der Waals surface area contributed by atoms with Crippen molar-refractivity contribution >= 4 is 35.2 Å². The zero-order chi connectivity index (χ0) is 27.4. The first kappa shape index (κ1) is 27.6. The Morgan fingerprint density at radius 3 is 2.62 bits per heavy atom. The molecule has 6 fully saturated rings. The molecule has 6 aliphatic rings. The number of hydrazine groups is 1. The highest BCUT2D eigenvalue weighted by atomic mass is 35.5. The van der Waals surface area contributed by atoms with Crippen molar-refractivity contribution in [2.45, 2.75) is 98.9 Å². The van der Waals surface area contributed by atoms with E-state index in [-0.39, 0.29) is 45.5 Å². The van der Waals surface area contributed by atoms with Gasteiger partial charge in [-0.2, -0.15) is 0 Å². The molecule has 1 aromatic carbocycles. The van der Waals surface area contributed by atoms with Gasteiger partial charge in [0.15, 0.2) is 6.61 Å². The highest BCUT2D eigenvalue weighted by molar-refractivity contribution is 8.02. The standard InChI is InChI=1S/C29H40ClFN4O3S/c1-17-21-14-29(39-26(21)35(2)34-17,19-7-5-3-4-6-8-19)27(37)32-24-15-28(12-18(24)13-28)33-25(36)16-38-20-9-10-22(30)23(31)11-20/h9-11,17-19,21,24,26,34H,3-8,12-16H2,1-2H3,(H,32,37)(H,33,36)/t17?,18?,21?,24-,26?,28?,29?/m1/s1. The summed E-state index contributed by atoms with van der Waals surface area (Å²) < 4.78 is 18.8. The second-order valence-corrected chi connectivity index (χ2v) is 14.5. The number of fused-ring (bicyclic) bond motifs is 2. The Morgan fingerprint density at radius 1 is 1.18 bits per heavy atom. The summed E-state index contributed by atoms with van der Waals surface area (Å²) in [7, 11) is 2.11. The summed E-state index contributed by atoms with van der Waals surface area (Å²) in [6.07, 6.45) is 10.7. The molecule has 4 aliphatic carbocycles. The molecule has 0 aromatic heterocycles. The van der Waals surface area contributed by atoms with E-state index in [0.29, 0.717) is 29.2 Å². The van der Waals surface area contributed by atoms with Crippen molar-refractivity contribution in [3.8, 4) is 5.75 Å². The zero-order valence-corrected chi connectivity index (χ0v) is 24.4. The Labute approximate surface area is 239 Å². The van der Waals surface area contributed by atoms with Gasteiger partial charge in [-0.15, -0.1) is 11.8 Å². The quantitative estimate of drug-likeness (QED) is 0.409.